The van der Waals surface area contributed by atoms with Crippen LogP contribution >= 0.6 is 0 Å². The van der Waals surface area contributed by atoms with E-state index in [0.717, 1.165) is 22.5 Å². The lowest BCUT2D eigenvalue weighted by molar-refractivity contribution is 1.09. The molecule has 1 aromatic heterocycles. The molecule has 0 radical (unpaired) electrons. The van der Waals surface area contributed by atoms with Gasteiger partial charge in [-0.05, 0) is 42.8 Å². The minimum Gasteiger partial charge on any atom is -0.233 e. The van der Waals surface area contributed by atoms with Crippen molar-refractivity contribution < 1.29 is 0 Å². The zero-order chi connectivity index (χ0) is 15.2. The third-order valence-electron chi connectivity index (χ3n) is 2.94. The molecular formula is C18H15N3. The highest BCUT2D eigenvalue weighted by atomic mass is 14.9. The van der Waals surface area contributed by atoms with Gasteiger partial charge in [-0.25, -0.2) is 9.97 Å². The maximum absolute atomic E-state index is 8.84. The van der Waals surface area contributed by atoms with Gasteiger partial charge >= 0.3 is 0 Å². The van der Waals surface area contributed by atoms with Crippen LogP contribution in [0.3, 0.4) is 0 Å². The quantitative estimate of drug-likeness (QED) is 0.789. The van der Waals surface area contributed by atoms with E-state index >= 15 is 0 Å². The Morgan fingerprint density at radius 2 is 1.90 bits per heavy atom. The fraction of sp³-hybridized carbons (Fsp3) is 0.0556. The topological polar surface area (TPSA) is 49.6 Å². The number of aryl methyl sites for hydroxylation is 1. The average Bonchev–Trinajstić information content (AvgIpc) is 2.52. The molecular weight excluding hydrogens is 258 g/mol. The van der Waals surface area contributed by atoms with Crippen molar-refractivity contribution >= 4 is 5.57 Å². The van der Waals surface area contributed by atoms with Gasteiger partial charge in [0.2, 0.25) is 0 Å². The van der Waals surface area contributed by atoms with Gasteiger partial charge in [0.05, 0.1) is 17.3 Å². The molecule has 0 fully saturated rings. The number of allylic oxidation sites excluding steroid dienone is 4. The van der Waals surface area contributed by atoms with Crippen LogP contribution in [0.15, 0.2) is 61.7 Å². The summed E-state index contributed by atoms with van der Waals surface area (Å²) in [4.78, 5) is 9.02. The van der Waals surface area contributed by atoms with Crippen LogP contribution in [0, 0.1) is 18.3 Å². The highest BCUT2D eigenvalue weighted by Crippen LogP contribution is 2.20. The third-order valence-corrected chi connectivity index (χ3v) is 2.94. The minimum absolute atomic E-state index is 0.616. The van der Waals surface area contributed by atoms with E-state index in [1.165, 1.54) is 0 Å². The second-order valence-corrected chi connectivity index (χ2v) is 4.47. The molecule has 2 rings (SSSR count). The van der Waals surface area contributed by atoms with Crippen LogP contribution in [0.2, 0.25) is 0 Å². The molecule has 3 heteroatoms. The summed E-state index contributed by atoms with van der Waals surface area (Å²) in [5.41, 5.74) is 4.06. The monoisotopic (exact) mass is 273 g/mol. The Morgan fingerprint density at radius 1 is 1.19 bits per heavy atom. The van der Waals surface area contributed by atoms with E-state index in [0.29, 0.717) is 11.4 Å². The molecule has 0 atom stereocenters. The van der Waals surface area contributed by atoms with Gasteiger partial charge in [-0.1, -0.05) is 31.4 Å². The van der Waals surface area contributed by atoms with Crippen molar-refractivity contribution in [3.8, 4) is 17.5 Å². The van der Waals surface area contributed by atoms with E-state index in [4.69, 9.17) is 5.26 Å². The van der Waals surface area contributed by atoms with E-state index in [2.05, 4.69) is 29.2 Å². The Balaban J connectivity index is 2.52. The van der Waals surface area contributed by atoms with Gasteiger partial charge in [0, 0.05) is 11.3 Å². The summed E-state index contributed by atoms with van der Waals surface area (Å²) in [6, 6.07) is 11.2. The van der Waals surface area contributed by atoms with Gasteiger partial charge in [-0.3, -0.25) is 0 Å². The molecule has 0 aliphatic heterocycles. The maximum Gasteiger partial charge on any atom is 0.160 e. The summed E-state index contributed by atoms with van der Waals surface area (Å²) in [6.45, 7) is 9.42. The molecule has 0 saturated carbocycles. The molecule has 3 nitrogen and oxygen atoms in total. The molecule has 0 aliphatic carbocycles. The van der Waals surface area contributed by atoms with Gasteiger partial charge in [-0.15, -0.1) is 0 Å². The molecule has 102 valence electrons. The Kier molecular flexibility index (Phi) is 4.43. The van der Waals surface area contributed by atoms with Crippen molar-refractivity contribution in [2.45, 2.75) is 6.92 Å². The highest BCUT2D eigenvalue weighted by molar-refractivity contribution is 5.73. The van der Waals surface area contributed by atoms with Crippen molar-refractivity contribution in [2.24, 2.45) is 0 Å². The summed E-state index contributed by atoms with van der Waals surface area (Å²) >= 11 is 0. The zero-order valence-corrected chi connectivity index (χ0v) is 11.9. The Morgan fingerprint density at radius 3 is 2.48 bits per heavy atom. The summed E-state index contributed by atoms with van der Waals surface area (Å²) in [6.07, 6.45) is 5.30. The largest absolute Gasteiger partial charge is 0.233 e. The van der Waals surface area contributed by atoms with E-state index in [1.54, 1.807) is 24.3 Å². The molecule has 0 bridgehead atoms. The highest BCUT2D eigenvalue weighted by Gasteiger charge is 2.07. The second kappa shape index (κ2) is 6.44. The van der Waals surface area contributed by atoms with Crippen molar-refractivity contribution in [3.63, 3.8) is 0 Å². The smallest absolute Gasteiger partial charge is 0.160 e. The van der Waals surface area contributed by atoms with E-state index in [-0.39, 0.29) is 0 Å². The normalized spacial score (nSPS) is 10.8. The number of hydrogen-bond acceptors (Lipinski definition) is 3. The number of rotatable bonds is 4. The van der Waals surface area contributed by atoms with Crippen molar-refractivity contribution in [3.05, 3.63) is 78.7 Å². The van der Waals surface area contributed by atoms with Crippen LogP contribution in [0.25, 0.3) is 17.0 Å². The molecule has 0 amide bonds. The van der Waals surface area contributed by atoms with E-state index < -0.39 is 0 Å². The standard InChI is InChI=1S/C18H15N3/c1-4-6-15(5-2)17-11-13(3)20-18(21-17)16-9-7-14(12-19)8-10-16/h4-11H,1-2H2,3H3/b15-6+. The Bertz CT molecular complexity index is 747. The summed E-state index contributed by atoms with van der Waals surface area (Å²) < 4.78 is 0. The fourth-order valence-electron chi connectivity index (χ4n) is 1.92. The predicted molar refractivity (Wildman–Crippen MR) is 85.3 cm³/mol. The lowest BCUT2D eigenvalue weighted by atomic mass is 10.1. The first-order valence-electron chi connectivity index (χ1n) is 6.49. The maximum atomic E-state index is 8.84. The Labute approximate surface area is 124 Å². The number of aromatic nitrogens is 2. The van der Waals surface area contributed by atoms with Crippen LogP contribution < -0.4 is 0 Å². The molecule has 2 aromatic rings. The summed E-state index contributed by atoms with van der Waals surface area (Å²) in [5, 5.41) is 8.84. The van der Waals surface area contributed by atoms with Crippen LogP contribution in [-0.4, -0.2) is 9.97 Å². The van der Waals surface area contributed by atoms with Gasteiger partial charge in [0.15, 0.2) is 5.82 Å². The number of nitriles is 1. The molecule has 0 spiro atoms. The fourth-order valence-corrected chi connectivity index (χ4v) is 1.92. The van der Waals surface area contributed by atoms with Crippen LogP contribution in [0.5, 0.6) is 0 Å². The average molecular weight is 273 g/mol. The summed E-state index contributed by atoms with van der Waals surface area (Å²) in [7, 11) is 0. The molecule has 0 aliphatic rings. The Hall–Kier alpha value is -2.99. The lowest BCUT2D eigenvalue weighted by Crippen LogP contribution is -1.97. The van der Waals surface area contributed by atoms with Crippen molar-refractivity contribution in [1.82, 2.24) is 9.97 Å². The van der Waals surface area contributed by atoms with Crippen molar-refractivity contribution in [2.75, 3.05) is 0 Å². The SMILES string of the molecule is C=C/C=C(\C=C)c1cc(C)nc(-c2ccc(C#N)cc2)n1. The lowest BCUT2D eigenvalue weighted by Gasteiger charge is -2.07. The van der Waals surface area contributed by atoms with Gasteiger partial charge in [0.25, 0.3) is 0 Å². The van der Waals surface area contributed by atoms with Gasteiger partial charge in [0.1, 0.15) is 0 Å². The van der Waals surface area contributed by atoms with Gasteiger partial charge < -0.3 is 0 Å². The first-order chi connectivity index (χ1) is 10.2. The van der Waals surface area contributed by atoms with Crippen LogP contribution in [0.1, 0.15) is 17.0 Å². The molecule has 0 saturated heterocycles. The predicted octanol–water partition coefficient (Wildman–Crippen LogP) is 4.08. The summed E-state index contributed by atoms with van der Waals surface area (Å²) in [5.74, 6) is 0.631. The van der Waals surface area contributed by atoms with Gasteiger partial charge in [-0.2, -0.15) is 5.26 Å². The third kappa shape index (κ3) is 3.31. The van der Waals surface area contributed by atoms with Crippen LogP contribution in [-0.2, 0) is 0 Å². The first-order valence-corrected chi connectivity index (χ1v) is 6.49. The van der Waals surface area contributed by atoms with E-state index in [9.17, 15) is 0 Å². The molecule has 1 aromatic carbocycles. The number of hydrogen-bond donors (Lipinski definition) is 0. The zero-order valence-electron chi connectivity index (χ0n) is 11.9. The molecule has 0 N–H and O–H groups in total. The van der Waals surface area contributed by atoms with E-state index in [1.807, 2.05) is 31.2 Å². The number of nitrogens with zero attached hydrogens (tertiary/aromatic N) is 3. The number of benzene rings is 1. The minimum atomic E-state index is 0.616. The molecule has 1 heterocycles. The molecule has 21 heavy (non-hydrogen) atoms. The van der Waals surface area contributed by atoms with Crippen LogP contribution in [0.4, 0.5) is 0 Å². The second-order valence-electron chi connectivity index (χ2n) is 4.47. The first kappa shape index (κ1) is 14.4. The molecule has 0 unspecified atom stereocenters. The van der Waals surface area contributed by atoms with Crippen molar-refractivity contribution in [1.29, 1.82) is 5.26 Å².